The Bertz CT molecular complexity index is 324. The lowest BCUT2D eigenvalue weighted by molar-refractivity contribution is -0.149. The van der Waals surface area contributed by atoms with E-state index in [9.17, 15) is 13.2 Å². The number of aromatic nitrogens is 2. The van der Waals surface area contributed by atoms with Crippen LogP contribution in [0.15, 0.2) is 9.85 Å². The molecule has 0 bridgehead atoms. The van der Waals surface area contributed by atoms with Gasteiger partial charge in [-0.25, -0.2) is 0 Å². The minimum Gasteiger partial charge on any atom is -0.387 e. The predicted octanol–water partition coefficient (Wildman–Crippen LogP) is 1.74. The molecule has 0 aromatic carbocycles. The molecule has 0 saturated heterocycles. The summed E-state index contributed by atoms with van der Waals surface area (Å²) in [6.07, 6.45) is -4.48. The first kappa shape index (κ1) is 12.2. The van der Waals surface area contributed by atoms with E-state index >= 15 is 0 Å². The van der Waals surface area contributed by atoms with Gasteiger partial charge in [-0.1, -0.05) is 23.1 Å². The van der Waals surface area contributed by atoms with Crippen molar-refractivity contribution in [1.29, 1.82) is 5.41 Å². The molecule has 4 nitrogen and oxygen atoms in total. The van der Waals surface area contributed by atoms with Crippen molar-refractivity contribution < 1.29 is 13.2 Å². The summed E-state index contributed by atoms with van der Waals surface area (Å²) in [6.45, 7) is 0. The second kappa shape index (κ2) is 4.79. The molecule has 0 radical (unpaired) electrons. The number of nitrogens with one attached hydrogen (secondary N) is 1. The standard InChI is InChI=1S/C6H7F3N4S2/c7-6(8,9)3(4(10)11)1-14-5-13-12-2-15-5/h2-3H,1H2,(H3,10,11). The number of halogens is 3. The van der Waals surface area contributed by atoms with Gasteiger partial charge in [0.2, 0.25) is 0 Å². The Morgan fingerprint density at radius 2 is 2.33 bits per heavy atom. The second-order valence-electron chi connectivity index (χ2n) is 2.57. The number of hydrogen-bond donors (Lipinski definition) is 2. The second-order valence-corrected chi connectivity index (χ2v) is 4.67. The molecule has 1 aromatic heterocycles. The maximum Gasteiger partial charge on any atom is 0.399 e. The third-order valence-corrected chi connectivity index (χ3v) is 3.44. The Kier molecular flexibility index (Phi) is 3.91. The molecule has 0 amide bonds. The minimum absolute atomic E-state index is 0.339. The first-order valence-electron chi connectivity index (χ1n) is 3.71. The van der Waals surface area contributed by atoms with Crippen molar-refractivity contribution in [2.45, 2.75) is 10.5 Å². The van der Waals surface area contributed by atoms with E-state index in [2.05, 4.69) is 10.2 Å². The summed E-state index contributed by atoms with van der Waals surface area (Å²) in [4.78, 5) is 0. The molecule has 1 aromatic rings. The Morgan fingerprint density at radius 1 is 1.67 bits per heavy atom. The van der Waals surface area contributed by atoms with Crippen LogP contribution in [-0.2, 0) is 0 Å². The van der Waals surface area contributed by atoms with Crippen LogP contribution in [-0.4, -0.2) is 28.0 Å². The molecule has 15 heavy (non-hydrogen) atoms. The van der Waals surface area contributed by atoms with Gasteiger partial charge in [-0.2, -0.15) is 13.2 Å². The Balaban J connectivity index is 2.57. The predicted molar refractivity (Wildman–Crippen MR) is 52.1 cm³/mol. The molecule has 0 saturated carbocycles. The van der Waals surface area contributed by atoms with Crippen LogP contribution in [0.5, 0.6) is 0 Å². The van der Waals surface area contributed by atoms with Crippen LogP contribution < -0.4 is 5.73 Å². The van der Waals surface area contributed by atoms with Crippen molar-refractivity contribution in [3.05, 3.63) is 5.51 Å². The van der Waals surface area contributed by atoms with E-state index in [0.29, 0.717) is 4.34 Å². The molecule has 0 fully saturated rings. The lowest BCUT2D eigenvalue weighted by atomic mass is 10.1. The van der Waals surface area contributed by atoms with Gasteiger partial charge in [0, 0.05) is 5.75 Å². The number of nitrogens with zero attached hydrogens (tertiary/aromatic N) is 2. The SMILES string of the molecule is N=C(N)C(CSc1nncs1)C(F)(F)F. The maximum atomic E-state index is 12.3. The molecule has 1 rings (SSSR count). The first-order chi connectivity index (χ1) is 6.91. The van der Waals surface area contributed by atoms with Crippen molar-refractivity contribution in [3.8, 4) is 0 Å². The van der Waals surface area contributed by atoms with Gasteiger partial charge in [0.05, 0.1) is 0 Å². The normalized spacial score (nSPS) is 13.8. The first-order valence-corrected chi connectivity index (χ1v) is 5.57. The van der Waals surface area contributed by atoms with E-state index in [-0.39, 0.29) is 5.75 Å². The molecule has 9 heteroatoms. The fourth-order valence-electron chi connectivity index (χ4n) is 0.741. The fourth-order valence-corrected chi connectivity index (χ4v) is 2.41. The van der Waals surface area contributed by atoms with Gasteiger partial charge in [0.25, 0.3) is 0 Å². The lowest BCUT2D eigenvalue weighted by Crippen LogP contribution is -2.36. The van der Waals surface area contributed by atoms with Crippen molar-refractivity contribution >= 4 is 28.9 Å². The maximum absolute atomic E-state index is 12.3. The van der Waals surface area contributed by atoms with Crippen LogP contribution in [0.2, 0.25) is 0 Å². The molecule has 0 aliphatic rings. The van der Waals surface area contributed by atoms with Crippen LogP contribution in [0.4, 0.5) is 13.2 Å². The van der Waals surface area contributed by atoms with E-state index in [1.54, 1.807) is 0 Å². The molecule has 84 valence electrons. The molecule has 0 aliphatic heterocycles. The van der Waals surface area contributed by atoms with Gasteiger partial charge in [-0.15, -0.1) is 10.2 Å². The summed E-state index contributed by atoms with van der Waals surface area (Å²) in [6, 6.07) is 0. The van der Waals surface area contributed by atoms with Gasteiger partial charge in [0.1, 0.15) is 17.3 Å². The fraction of sp³-hybridized carbons (Fsp3) is 0.500. The average Bonchev–Trinajstić information content (AvgIpc) is 2.53. The number of nitrogens with two attached hydrogens (primary N) is 1. The number of alkyl halides is 3. The van der Waals surface area contributed by atoms with Crippen LogP contribution in [0.3, 0.4) is 0 Å². The van der Waals surface area contributed by atoms with Crippen molar-refractivity contribution in [3.63, 3.8) is 0 Å². The quantitative estimate of drug-likeness (QED) is 0.489. The summed E-state index contributed by atoms with van der Waals surface area (Å²) in [5, 5.41) is 13.9. The molecule has 0 aliphatic carbocycles. The third kappa shape index (κ3) is 3.67. The molecule has 0 spiro atoms. The summed E-state index contributed by atoms with van der Waals surface area (Å²) in [5.41, 5.74) is 6.31. The van der Waals surface area contributed by atoms with Crippen molar-refractivity contribution in [2.75, 3.05) is 5.75 Å². The molecular formula is C6H7F3N4S2. The highest BCUT2D eigenvalue weighted by Crippen LogP contribution is 2.31. The van der Waals surface area contributed by atoms with E-state index in [4.69, 9.17) is 11.1 Å². The molecular weight excluding hydrogens is 249 g/mol. The molecule has 1 atom stereocenters. The topological polar surface area (TPSA) is 75.7 Å². The molecule has 1 unspecified atom stereocenters. The average molecular weight is 256 g/mol. The molecule has 1 heterocycles. The summed E-state index contributed by atoms with van der Waals surface area (Å²) in [5.74, 6) is -3.14. The minimum atomic E-state index is -4.48. The van der Waals surface area contributed by atoms with Gasteiger partial charge in [-0.3, -0.25) is 5.41 Å². The van der Waals surface area contributed by atoms with Gasteiger partial charge in [-0.05, 0) is 0 Å². The van der Waals surface area contributed by atoms with E-state index in [1.165, 1.54) is 5.51 Å². The Morgan fingerprint density at radius 3 is 2.73 bits per heavy atom. The van der Waals surface area contributed by atoms with Crippen molar-refractivity contribution in [1.82, 2.24) is 10.2 Å². The van der Waals surface area contributed by atoms with Gasteiger partial charge in [0.15, 0.2) is 4.34 Å². The Labute approximate surface area is 91.6 Å². The highest BCUT2D eigenvalue weighted by Gasteiger charge is 2.41. The van der Waals surface area contributed by atoms with E-state index < -0.39 is 17.9 Å². The number of hydrogen-bond acceptors (Lipinski definition) is 5. The summed E-state index contributed by atoms with van der Waals surface area (Å²) in [7, 11) is 0. The van der Waals surface area contributed by atoms with Crippen molar-refractivity contribution in [2.24, 2.45) is 11.7 Å². The largest absolute Gasteiger partial charge is 0.399 e. The summed E-state index contributed by atoms with van der Waals surface area (Å²) < 4.78 is 37.4. The monoisotopic (exact) mass is 256 g/mol. The zero-order chi connectivity index (χ0) is 11.5. The highest BCUT2D eigenvalue weighted by atomic mass is 32.2. The smallest absolute Gasteiger partial charge is 0.387 e. The zero-order valence-corrected chi connectivity index (χ0v) is 8.92. The van der Waals surface area contributed by atoms with Crippen LogP contribution >= 0.6 is 23.1 Å². The molecule has 3 N–H and O–H groups in total. The highest BCUT2D eigenvalue weighted by molar-refractivity contribution is 8.01. The summed E-state index contributed by atoms with van der Waals surface area (Å²) >= 11 is 2.04. The third-order valence-electron chi connectivity index (χ3n) is 1.48. The van der Waals surface area contributed by atoms with E-state index in [0.717, 1.165) is 23.1 Å². The zero-order valence-electron chi connectivity index (χ0n) is 7.28. The number of thioether (sulfide) groups is 1. The van der Waals surface area contributed by atoms with Crippen LogP contribution in [0.25, 0.3) is 0 Å². The van der Waals surface area contributed by atoms with Gasteiger partial charge >= 0.3 is 6.18 Å². The van der Waals surface area contributed by atoms with Gasteiger partial charge < -0.3 is 5.73 Å². The number of rotatable bonds is 4. The van der Waals surface area contributed by atoms with Crippen LogP contribution in [0, 0.1) is 11.3 Å². The Hall–Kier alpha value is -0.830. The van der Waals surface area contributed by atoms with Crippen LogP contribution in [0.1, 0.15) is 0 Å². The van der Waals surface area contributed by atoms with E-state index in [1.807, 2.05) is 0 Å². The lowest BCUT2D eigenvalue weighted by Gasteiger charge is -2.17. The number of amidine groups is 1.